The second-order valence-electron chi connectivity index (χ2n) is 6.28. The molecule has 1 atom stereocenters. The van der Waals surface area contributed by atoms with Gasteiger partial charge in [0.25, 0.3) is 0 Å². The summed E-state index contributed by atoms with van der Waals surface area (Å²) >= 11 is 0. The minimum atomic E-state index is 0. The molecule has 0 fully saturated rings. The molecule has 0 spiro atoms. The molecule has 20 heavy (non-hydrogen) atoms. The van der Waals surface area contributed by atoms with Gasteiger partial charge in [-0.1, -0.05) is 27.2 Å². The number of methoxy groups -OCH3 is 1. The molecular formula is C15H34IN3O. The van der Waals surface area contributed by atoms with Gasteiger partial charge in [-0.25, -0.2) is 0 Å². The van der Waals surface area contributed by atoms with E-state index in [2.05, 4.69) is 50.2 Å². The van der Waals surface area contributed by atoms with Crippen molar-refractivity contribution in [3.05, 3.63) is 0 Å². The van der Waals surface area contributed by atoms with Crippen LogP contribution in [0.5, 0.6) is 0 Å². The lowest BCUT2D eigenvalue weighted by molar-refractivity contribution is 0.179. The van der Waals surface area contributed by atoms with Gasteiger partial charge >= 0.3 is 0 Å². The smallest absolute Gasteiger partial charge is 0.191 e. The van der Waals surface area contributed by atoms with Gasteiger partial charge in [-0.15, -0.1) is 24.0 Å². The second-order valence-corrected chi connectivity index (χ2v) is 6.28. The molecule has 122 valence electrons. The third-order valence-electron chi connectivity index (χ3n) is 2.75. The van der Waals surface area contributed by atoms with Crippen molar-refractivity contribution in [3.8, 4) is 0 Å². The van der Waals surface area contributed by atoms with Gasteiger partial charge in [-0.3, -0.25) is 4.99 Å². The van der Waals surface area contributed by atoms with E-state index in [9.17, 15) is 0 Å². The fraction of sp³-hybridized carbons (Fsp3) is 0.933. The molecule has 5 heteroatoms. The maximum atomic E-state index is 5.12. The Labute approximate surface area is 142 Å². The molecule has 0 rings (SSSR count). The third-order valence-corrected chi connectivity index (χ3v) is 2.75. The quantitative estimate of drug-likeness (QED) is 0.285. The summed E-state index contributed by atoms with van der Waals surface area (Å²) in [6.45, 7) is 13.5. The van der Waals surface area contributed by atoms with Crippen LogP contribution in [0.1, 0.15) is 53.9 Å². The van der Waals surface area contributed by atoms with Gasteiger partial charge in [0, 0.05) is 26.2 Å². The lowest BCUT2D eigenvalue weighted by Crippen LogP contribution is -2.44. The summed E-state index contributed by atoms with van der Waals surface area (Å²) < 4.78 is 5.12. The minimum absolute atomic E-state index is 0. The topological polar surface area (TPSA) is 45.7 Å². The summed E-state index contributed by atoms with van der Waals surface area (Å²) in [5, 5.41) is 6.60. The Kier molecular flexibility index (Phi) is 14.1. The summed E-state index contributed by atoms with van der Waals surface area (Å²) in [4.78, 5) is 4.59. The zero-order valence-electron chi connectivity index (χ0n) is 14.1. The Hall–Kier alpha value is -0.0400. The molecule has 4 nitrogen and oxygen atoms in total. The molecule has 0 heterocycles. The molecule has 0 bridgehead atoms. The highest BCUT2D eigenvalue weighted by Gasteiger charge is 2.09. The van der Waals surface area contributed by atoms with Crippen LogP contribution in [-0.2, 0) is 4.74 Å². The van der Waals surface area contributed by atoms with E-state index in [1.54, 1.807) is 7.11 Å². The molecule has 2 N–H and O–H groups in total. The highest BCUT2D eigenvalue weighted by atomic mass is 127. The predicted octanol–water partition coefficient (Wildman–Crippen LogP) is 3.41. The summed E-state index contributed by atoms with van der Waals surface area (Å²) in [6, 6.07) is 0.275. The lowest BCUT2D eigenvalue weighted by Gasteiger charge is -2.18. The van der Waals surface area contributed by atoms with Gasteiger partial charge in [0.1, 0.15) is 0 Å². The van der Waals surface area contributed by atoms with Crippen LogP contribution in [0.15, 0.2) is 4.99 Å². The lowest BCUT2D eigenvalue weighted by atomic mass is 9.90. The zero-order chi connectivity index (χ0) is 14.7. The highest BCUT2D eigenvalue weighted by molar-refractivity contribution is 14.0. The van der Waals surface area contributed by atoms with Crippen LogP contribution >= 0.6 is 24.0 Å². The van der Waals surface area contributed by atoms with E-state index in [4.69, 9.17) is 4.74 Å². The van der Waals surface area contributed by atoms with Crippen molar-refractivity contribution < 1.29 is 4.74 Å². The molecule has 0 aliphatic heterocycles. The highest BCUT2D eigenvalue weighted by Crippen LogP contribution is 2.21. The molecule has 1 unspecified atom stereocenters. The van der Waals surface area contributed by atoms with Crippen molar-refractivity contribution in [1.82, 2.24) is 10.6 Å². The number of nitrogens with zero attached hydrogens (tertiary/aromatic N) is 1. The molecule has 0 aliphatic rings. The summed E-state index contributed by atoms with van der Waals surface area (Å²) in [5.41, 5.74) is 0.430. The number of hydrogen-bond acceptors (Lipinski definition) is 2. The number of nitrogens with one attached hydrogen (secondary N) is 2. The van der Waals surface area contributed by atoms with E-state index >= 15 is 0 Å². The number of guanidine groups is 1. The van der Waals surface area contributed by atoms with E-state index < -0.39 is 0 Å². The van der Waals surface area contributed by atoms with Crippen LogP contribution in [-0.4, -0.2) is 38.8 Å². The van der Waals surface area contributed by atoms with E-state index in [-0.39, 0.29) is 30.0 Å². The largest absolute Gasteiger partial charge is 0.383 e. The van der Waals surface area contributed by atoms with Crippen molar-refractivity contribution in [2.75, 3.05) is 26.8 Å². The summed E-state index contributed by atoms with van der Waals surface area (Å²) in [5.74, 6) is 0.891. The van der Waals surface area contributed by atoms with Crippen molar-refractivity contribution in [2.45, 2.75) is 59.9 Å². The Balaban J connectivity index is 0. The first-order valence-electron chi connectivity index (χ1n) is 7.43. The first kappa shape index (κ1) is 22.2. The number of hydrogen-bond donors (Lipinski definition) is 2. The average molecular weight is 399 g/mol. The van der Waals surface area contributed by atoms with E-state index in [0.717, 1.165) is 25.5 Å². The average Bonchev–Trinajstić information content (AvgIpc) is 2.27. The minimum Gasteiger partial charge on any atom is -0.383 e. The first-order valence-corrected chi connectivity index (χ1v) is 7.43. The predicted molar refractivity (Wildman–Crippen MR) is 99.2 cm³/mol. The molecule has 0 amide bonds. The summed E-state index contributed by atoms with van der Waals surface area (Å²) in [6.07, 6.45) is 3.64. The maximum absolute atomic E-state index is 5.12. The van der Waals surface area contributed by atoms with Crippen molar-refractivity contribution in [3.63, 3.8) is 0 Å². The molecule has 0 saturated carbocycles. The van der Waals surface area contributed by atoms with Crippen LogP contribution in [0.25, 0.3) is 0 Å². The Morgan fingerprint density at radius 2 is 1.90 bits per heavy atom. The van der Waals surface area contributed by atoms with Crippen LogP contribution < -0.4 is 10.6 Å². The van der Waals surface area contributed by atoms with E-state index in [0.29, 0.717) is 12.0 Å². The molecule has 0 aromatic heterocycles. The maximum Gasteiger partial charge on any atom is 0.191 e. The van der Waals surface area contributed by atoms with Crippen LogP contribution in [0.3, 0.4) is 0 Å². The van der Waals surface area contributed by atoms with Crippen LogP contribution in [0, 0.1) is 5.41 Å². The van der Waals surface area contributed by atoms with Crippen LogP contribution in [0.2, 0.25) is 0 Å². The fourth-order valence-electron chi connectivity index (χ4n) is 1.80. The van der Waals surface area contributed by atoms with Crippen molar-refractivity contribution in [1.29, 1.82) is 0 Å². The molecule has 0 aliphatic carbocycles. The van der Waals surface area contributed by atoms with Gasteiger partial charge in [0.05, 0.1) is 6.61 Å². The Morgan fingerprint density at radius 3 is 2.40 bits per heavy atom. The Morgan fingerprint density at radius 1 is 1.25 bits per heavy atom. The second kappa shape index (κ2) is 12.7. The number of halogens is 1. The molecule has 0 aromatic rings. The third kappa shape index (κ3) is 14.4. The van der Waals surface area contributed by atoms with E-state index in [1.807, 2.05) is 0 Å². The number of unbranched alkanes of at least 4 members (excludes halogenated alkanes) is 1. The molecular weight excluding hydrogens is 365 g/mol. The number of ether oxygens (including phenoxy) is 1. The van der Waals surface area contributed by atoms with Gasteiger partial charge in [0.15, 0.2) is 5.96 Å². The zero-order valence-corrected chi connectivity index (χ0v) is 16.4. The van der Waals surface area contributed by atoms with Gasteiger partial charge in [-0.05, 0) is 32.1 Å². The number of rotatable bonds is 8. The monoisotopic (exact) mass is 399 g/mol. The van der Waals surface area contributed by atoms with Gasteiger partial charge in [-0.2, -0.15) is 0 Å². The van der Waals surface area contributed by atoms with E-state index in [1.165, 1.54) is 12.8 Å². The molecule has 0 radical (unpaired) electrons. The van der Waals surface area contributed by atoms with Gasteiger partial charge < -0.3 is 15.4 Å². The van der Waals surface area contributed by atoms with Crippen molar-refractivity contribution in [2.24, 2.45) is 10.4 Å². The fourth-order valence-corrected chi connectivity index (χ4v) is 1.80. The van der Waals surface area contributed by atoms with Gasteiger partial charge in [0.2, 0.25) is 0 Å². The standard InChI is InChI=1S/C15H33N3O.HI/c1-7-16-14(18-13(2)12-19-6)17-11-9-8-10-15(3,4)5;/h13H,7-12H2,1-6H3,(H2,16,17,18);1H. The summed E-state index contributed by atoms with van der Waals surface area (Å²) in [7, 11) is 1.72. The number of aliphatic imine (C=N–C) groups is 1. The normalized spacial score (nSPS) is 13.6. The molecule has 0 aromatic carbocycles. The Bertz CT molecular complexity index is 252. The molecule has 0 saturated heterocycles. The van der Waals surface area contributed by atoms with Crippen molar-refractivity contribution >= 4 is 29.9 Å². The first-order chi connectivity index (χ1) is 8.89. The van der Waals surface area contributed by atoms with Crippen LogP contribution in [0.4, 0.5) is 0 Å². The SMILES string of the molecule is CCNC(=NCCCCC(C)(C)C)NC(C)COC.I.